The van der Waals surface area contributed by atoms with Crippen LogP contribution in [-0.2, 0) is 6.42 Å². The van der Waals surface area contributed by atoms with Gasteiger partial charge in [-0.25, -0.2) is 0 Å². The van der Waals surface area contributed by atoms with Crippen LogP contribution >= 0.6 is 0 Å². The van der Waals surface area contributed by atoms with Gasteiger partial charge in [0.25, 0.3) is 0 Å². The van der Waals surface area contributed by atoms with E-state index in [0.29, 0.717) is 0 Å². The van der Waals surface area contributed by atoms with E-state index in [4.69, 9.17) is 0 Å². The smallest absolute Gasteiger partial charge is 0.117 e. The highest BCUT2D eigenvalue weighted by atomic mass is 16.3. The second-order valence-corrected chi connectivity index (χ2v) is 4.00. The van der Waals surface area contributed by atoms with Gasteiger partial charge in [0.2, 0.25) is 0 Å². The van der Waals surface area contributed by atoms with Crippen molar-refractivity contribution in [3.63, 3.8) is 0 Å². The lowest BCUT2D eigenvalue weighted by Crippen LogP contribution is -2.11. The Balaban J connectivity index is 2.33. The van der Waals surface area contributed by atoms with Crippen LogP contribution in [0.3, 0.4) is 0 Å². The molecule has 0 spiro atoms. The first-order valence-electron chi connectivity index (χ1n) is 5.40. The molecule has 0 saturated carbocycles. The average molecular weight is 202 g/mol. The Bertz CT molecular complexity index is 329. The molecular formula is C14H18O. The van der Waals surface area contributed by atoms with Crippen LogP contribution in [0.2, 0.25) is 0 Å². The minimum absolute atomic E-state index is 0.217. The second-order valence-electron chi connectivity index (χ2n) is 4.00. The topological polar surface area (TPSA) is 20.2 Å². The predicted molar refractivity (Wildman–Crippen MR) is 63.4 cm³/mol. The first-order valence-corrected chi connectivity index (χ1v) is 5.40. The molecular weight excluding hydrogens is 184 g/mol. The zero-order chi connectivity index (χ0) is 11.1. The molecule has 0 aliphatic carbocycles. The van der Waals surface area contributed by atoms with Crippen molar-refractivity contribution in [2.24, 2.45) is 5.92 Å². The molecule has 0 aliphatic heterocycles. The van der Waals surface area contributed by atoms with Crippen LogP contribution in [0.1, 0.15) is 25.8 Å². The summed E-state index contributed by atoms with van der Waals surface area (Å²) in [6.07, 6.45) is 1.28. The SMILES string of the molecule is CC(C)[C@@H](O)C#CCCc1ccccc1. The van der Waals surface area contributed by atoms with Crippen molar-refractivity contribution in [1.82, 2.24) is 0 Å². The van der Waals surface area contributed by atoms with Crippen LogP contribution in [-0.4, -0.2) is 11.2 Å². The average Bonchev–Trinajstić information content (AvgIpc) is 2.25. The maximum Gasteiger partial charge on any atom is 0.117 e. The summed E-state index contributed by atoms with van der Waals surface area (Å²) < 4.78 is 0. The molecule has 1 aromatic carbocycles. The molecule has 15 heavy (non-hydrogen) atoms. The first-order chi connectivity index (χ1) is 7.20. The highest BCUT2D eigenvalue weighted by Gasteiger charge is 2.02. The van der Waals surface area contributed by atoms with Gasteiger partial charge in [-0.3, -0.25) is 0 Å². The highest BCUT2D eigenvalue weighted by molar-refractivity contribution is 5.16. The molecule has 0 radical (unpaired) electrons. The highest BCUT2D eigenvalue weighted by Crippen LogP contribution is 2.02. The van der Waals surface area contributed by atoms with Crippen LogP contribution in [0.15, 0.2) is 30.3 Å². The fourth-order valence-corrected chi connectivity index (χ4v) is 1.19. The van der Waals surface area contributed by atoms with Crippen molar-refractivity contribution < 1.29 is 5.11 Å². The first kappa shape index (κ1) is 11.8. The standard InChI is InChI=1S/C14H18O/c1-12(2)14(15)11-7-6-10-13-8-4-3-5-9-13/h3-5,8-9,12,14-15H,6,10H2,1-2H3/t14-/m0/s1. The Morgan fingerprint density at radius 1 is 1.20 bits per heavy atom. The van der Waals surface area contributed by atoms with Gasteiger partial charge in [-0.1, -0.05) is 50.1 Å². The third-order valence-corrected chi connectivity index (χ3v) is 2.26. The zero-order valence-electron chi connectivity index (χ0n) is 9.40. The lowest BCUT2D eigenvalue weighted by molar-refractivity contribution is 0.181. The maximum atomic E-state index is 9.45. The number of aryl methyl sites for hydroxylation is 1. The van der Waals surface area contributed by atoms with E-state index in [2.05, 4.69) is 24.0 Å². The molecule has 1 aromatic rings. The molecule has 0 aromatic heterocycles. The molecule has 1 rings (SSSR count). The number of rotatable bonds is 3. The number of hydrogen-bond donors (Lipinski definition) is 1. The summed E-state index contributed by atoms with van der Waals surface area (Å²) >= 11 is 0. The van der Waals surface area contributed by atoms with E-state index in [1.165, 1.54) is 5.56 Å². The molecule has 1 N–H and O–H groups in total. The van der Waals surface area contributed by atoms with Crippen molar-refractivity contribution in [3.05, 3.63) is 35.9 Å². The number of hydrogen-bond acceptors (Lipinski definition) is 1. The second kappa shape index (κ2) is 6.27. The zero-order valence-corrected chi connectivity index (χ0v) is 9.40. The Kier molecular flexibility index (Phi) is 4.93. The molecule has 1 nitrogen and oxygen atoms in total. The van der Waals surface area contributed by atoms with Gasteiger partial charge in [0, 0.05) is 6.42 Å². The van der Waals surface area contributed by atoms with E-state index in [0.717, 1.165) is 12.8 Å². The molecule has 0 aliphatic rings. The van der Waals surface area contributed by atoms with Gasteiger partial charge in [-0.15, -0.1) is 5.92 Å². The van der Waals surface area contributed by atoms with E-state index in [9.17, 15) is 5.11 Å². The summed E-state index contributed by atoms with van der Waals surface area (Å²) in [6, 6.07) is 10.3. The van der Waals surface area contributed by atoms with Crippen molar-refractivity contribution >= 4 is 0 Å². The Labute approximate surface area is 92.1 Å². The Morgan fingerprint density at radius 2 is 1.87 bits per heavy atom. The number of aliphatic hydroxyl groups is 1. The van der Waals surface area contributed by atoms with Crippen LogP contribution in [0, 0.1) is 17.8 Å². The lowest BCUT2D eigenvalue weighted by Gasteiger charge is -2.05. The van der Waals surface area contributed by atoms with Crippen molar-refractivity contribution in [1.29, 1.82) is 0 Å². The van der Waals surface area contributed by atoms with Crippen LogP contribution in [0.25, 0.3) is 0 Å². The van der Waals surface area contributed by atoms with Gasteiger partial charge in [0.15, 0.2) is 0 Å². The van der Waals surface area contributed by atoms with Crippen LogP contribution < -0.4 is 0 Å². The van der Waals surface area contributed by atoms with Crippen molar-refractivity contribution in [3.8, 4) is 11.8 Å². The van der Waals surface area contributed by atoms with Gasteiger partial charge in [-0.2, -0.15) is 0 Å². The lowest BCUT2D eigenvalue weighted by atomic mass is 10.1. The fourth-order valence-electron chi connectivity index (χ4n) is 1.19. The third kappa shape index (κ3) is 4.67. The van der Waals surface area contributed by atoms with Crippen molar-refractivity contribution in [2.75, 3.05) is 0 Å². The van der Waals surface area contributed by atoms with Crippen molar-refractivity contribution in [2.45, 2.75) is 32.8 Å². The summed E-state index contributed by atoms with van der Waals surface area (Å²) in [5.74, 6) is 6.09. The van der Waals surface area contributed by atoms with Crippen LogP contribution in [0.5, 0.6) is 0 Å². The fraction of sp³-hybridized carbons (Fsp3) is 0.429. The number of aliphatic hydroxyl groups excluding tert-OH is 1. The number of benzene rings is 1. The van der Waals surface area contributed by atoms with Crippen LogP contribution in [0.4, 0.5) is 0 Å². The minimum Gasteiger partial charge on any atom is -0.380 e. The Morgan fingerprint density at radius 3 is 2.47 bits per heavy atom. The summed E-state index contributed by atoms with van der Waals surface area (Å²) in [7, 11) is 0. The molecule has 0 amide bonds. The molecule has 0 unspecified atom stereocenters. The van der Waals surface area contributed by atoms with E-state index >= 15 is 0 Å². The van der Waals surface area contributed by atoms with E-state index in [-0.39, 0.29) is 5.92 Å². The minimum atomic E-state index is -0.485. The Hall–Kier alpha value is -1.26. The van der Waals surface area contributed by atoms with E-state index in [1.807, 2.05) is 32.0 Å². The molecule has 0 bridgehead atoms. The molecule has 1 heteroatoms. The summed E-state index contributed by atoms with van der Waals surface area (Å²) in [5, 5.41) is 9.45. The van der Waals surface area contributed by atoms with Gasteiger partial charge in [0.1, 0.15) is 6.10 Å². The van der Waals surface area contributed by atoms with E-state index < -0.39 is 6.10 Å². The largest absolute Gasteiger partial charge is 0.380 e. The molecule has 0 heterocycles. The molecule has 1 atom stereocenters. The summed E-state index contributed by atoms with van der Waals surface area (Å²) in [4.78, 5) is 0. The summed E-state index contributed by atoms with van der Waals surface area (Å²) in [5.41, 5.74) is 1.30. The summed E-state index contributed by atoms with van der Waals surface area (Å²) in [6.45, 7) is 3.94. The van der Waals surface area contributed by atoms with Gasteiger partial charge >= 0.3 is 0 Å². The molecule has 0 saturated heterocycles. The quantitative estimate of drug-likeness (QED) is 0.747. The molecule has 0 fully saturated rings. The van der Waals surface area contributed by atoms with Gasteiger partial charge < -0.3 is 5.11 Å². The van der Waals surface area contributed by atoms with Gasteiger partial charge in [0.05, 0.1) is 0 Å². The van der Waals surface area contributed by atoms with E-state index in [1.54, 1.807) is 0 Å². The molecule has 80 valence electrons. The normalized spacial score (nSPS) is 12.0. The third-order valence-electron chi connectivity index (χ3n) is 2.26. The predicted octanol–water partition coefficient (Wildman–Crippen LogP) is 2.64. The maximum absolute atomic E-state index is 9.45. The van der Waals surface area contributed by atoms with Gasteiger partial charge in [-0.05, 0) is 17.9 Å². The monoisotopic (exact) mass is 202 g/mol.